The number of benzene rings is 1. The van der Waals surface area contributed by atoms with E-state index < -0.39 is 4.92 Å². The molecule has 3 N–H and O–H groups in total. The van der Waals surface area contributed by atoms with Crippen molar-refractivity contribution in [3.05, 3.63) is 34.4 Å². The highest BCUT2D eigenvalue weighted by atomic mass is 35.5. The van der Waals surface area contributed by atoms with Gasteiger partial charge in [0, 0.05) is 38.2 Å². The van der Waals surface area contributed by atoms with Crippen LogP contribution in [-0.4, -0.2) is 41.4 Å². The second-order valence-electron chi connectivity index (χ2n) is 6.05. The molecule has 0 aromatic heterocycles. The molecule has 0 radical (unpaired) electrons. The Balaban J connectivity index is 0.00000288. The van der Waals surface area contributed by atoms with Gasteiger partial charge in [-0.15, -0.1) is 12.4 Å². The van der Waals surface area contributed by atoms with Crippen molar-refractivity contribution in [1.82, 2.24) is 4.90 Å². The summed E-state index contributed by atoms with van der Waals surface area (Å²) < 4.78 is 0. The van der Waals surface area contributed by atoms with E-state index in [-0.39, 0.29) is 30.0 Å². The molecule has 2 atom stereocenters. The molecule has 24 heavy (non-hydrogen) atoms. The minimum Gasteiger partial charge on any atom is -0.379 e. The van der Waals surface area contributed by atoms with Crippen LogP contribution in [0.1, 0.15) is 26.2 Å². The van der Waals surface area contributed by atoms with Gasteiger partial charge in [0.15, 0.2) is 0 Å². The number of nitrogens with two attached hydrogens (primary N) is 1. The summed E-state index contributed by atoms with van der Waals surface area (Å²) in [6.07, 6.45) is 2.36. The number of carbonyl (C=O) groups excluding carboxylic acids is 1. The van der Waals surface area contributed by atoms with Gasteiger partial charge in [-0.25, -0.2) is 0 Å². The fourth-order valence-corrected chi connectivity index (χ4v) is 2.91. The monoisotopic (exact) mass is 356 g/mol. The number of halogens is 1. The summed E-state index contributed by atoms with van der Waals surface area (Å²) in [5, 5.41) is 13.9. The number of piperidine rings is 1. The Hall–Kier alpha value is -1.86. The first-order valence-electron chi connectivity index (χ1n) is 7.99. The fraction of sp³-hybridized carbons (Fsp3) is 0.562. The zero-order chi connectivity index (χ0) is 16.8. The lowest BCUT2D eigenvalue weighted by molar-refractivity contribution is -0.384. The molecule has 8 heteroatoms. The normalized spacial score (nSPS) is 18.4. The molecule has 1 fully saturated rings. The summed E-state index contributed by atoms with van der Waals surface area (Å²) in [6.45, 7) is 3.84. The van der Waals surface area contributed by atoms with Crippen LogP contribution in [0.3, 0.4) is 0 Å². The van der Waals surface area contributed by atoms with Crippen LogP contribution >= 0.6 is 12.4 Å². The Morgan fingerprint density at radius 3 is 2.88 bits per heavy atom. The van der Waals surface area contributed by atoms with Gasteiger partial charge < -0.3 is 16.0 Å². The van der Waals surface area contributed by atoms with Crippen LogP contribution in [0, 0.1) is 16.0 Å². The van der Waals surface area contributed by atoms with Crippen LogP contribution in [0.4, 0.5) is 11.4 Å². The molecular weight excluding hydrogens is 332 g/mol. The molecule has 2 rings (SSSR count). The summed E-state index contributed by atoms with van der Waals surface area (Å²) in [5.41, 5.74) is 6.40. The van der Waals surface area contributed by atoms with E-state index >= 15 is 0 Å². The molecule has 0 spiro atoms. The summed E-state index contributed by atoms with van der Waals surface area (Å²) in [5.74, 6) is 0.428. The lowest BCUT2D eigenvalue weighted by Crippen LogP contribution is -2.45. The summed E-state index contributed by atoms with van der Waals surface area (Å²) in [6, 6.07) is 6.54. The number of nitro groups is 1. The topological polar surface area (TPSA) is 102 Å². The highest BCUT2D eigenvalue weighted by Gasteiger charge is 2.25. The minimum atomic E-state index is -0.429. The van der Waals surface area contributed by atoms with E-state index in [1.54, 1.807) is 18.2 Å². The maximum atomic E-state index is 12.3. The Morgan fingerprint density at radius 2 is 2.21 bits per heavy atom. The fourth-order valence-electron chi connectivity index (χ4n) is 2.91. The van der Waals surface area contributed by atoms with E-state index in [0.717, 1.165) is 19.4 Å². The standard InChI is InChI=1S/C16H24N4O3.ClH/c1-12(17)13-5-4-10-19(11-13)16(21)8-9-18-14-6-2-3-7-15(14)20(22)23;/h2-3,6-7,12-13,18H,4-5,8-11,17H2,1H3;1H. The van der Waals surface area contributed by atoms with Crippen LogP contribution in [0.5, 0.6) is 0 Å². The SMILES string of the molecule is CC(N)C1CCCN(C(=O)CCNc2ccccc2[N+](=O)[O-])C1.Cl. The average molecular weight is 357 g/mol. The van der Waals surface area contributed by atoms with Crippen LogP contribution in [0.15, 0.2) is 24.3 Å². The van der Waals surface area contributed by atoms with Crippen LogP contribution < -0.4 is 11.1 Å². The Kier molecular flexibility index (Phi) is 7.94. The van der Waals surface area contributed by atoms with Gasteiger partial charge in [0.05, 0.1) is 4.92 Å². The zero-order valence-electron chi connectivity index (χ0n) is 13.8. The third-order valence-corrected chi connectivity index (χ3v) is 4.31. The molecule has 1 amide bonds. The Morgan fingerprint density at radius 1 is 1.50 bits per heavy atom. The first kappa shape index (κ1) is 20.2. The van der Waals surface area contributed by atoms with Crippen molar-refractivity contribution in [3.63, 3.8) is 0 Å². The van der Waals surface area contributed by atoms with E-state index in [9.17, 15) is 14.9 Å². The van der Waals surface area contributed by atoms with Crippen LogP contribution in [0.25, 0.3) is 0 Å². The van der Waals surface area contributed by atoms with Crippen molar-refractivity contribution in [2.45, 2.75) is 32.2 Å². The van der Waals surface area contributed by atoms with Crippen molar-refractivity contribution in [1.29, 1.82) is 0 Å². The number of nitro benzene ring substituents is 1. The average Bonchev–Trinajstić information content (AvgIpc) is 2.55. The number of amides is 1. The van der Waals surface area contributed by atoms with E-state index in [1.165, 1.54) is 6.07 Å². The minimum absolute atomic E-state index is 0. The van der Waals surface area contributed by atoms with Gasteiger partial charge in [-0.05, 0) is 31.7 Å². The molecule has 1 saturated heterocycles. The van der Waals surface area contributed by atoms with E-state index in [0.29, 0.717) is 31.1 Å². The second-order valence-corrected chi connectivity index (χ2v) is 6.05. The Bertz CT molecular complexity index is 568. The number of rotatable bonds is 6. The molecule has 1 heterocycles. The lowest BCUT2D eigenvalue weighted by Gasteiger charge is -2.34. The zero-order valence-corrected chi connectivity index (χ0v) is 14.6. The largest absolute Gasteiger partial charge is 0.379 e. The molecule has 1 aliphatic heterocycles. The van der Waals surface area contributed by atoms with Crippen molar-refractivity contribution in [2.24, 2.45) is 11.7 Å². The number of nitrogens with zero attached hydrogens (tertiary/aromatic N) is 2. The molecule has 0 saturated carbocycles. The molecule has 1 aromatic carbocycles. The quantitative estimate of drug-likeness (QED) is 0.602. The third kappa shape index (κ3) is 5.35. The molecule has 2 unspecified atom stereocenters. The summed E-state index contributed by atoms with van der Waals surface area (Å²) >= 11 is 0. The van der Waals surface area contributed by atoms with Crippen molar-refractivity contribution in [3.8, 4) is 0 Å². The third-order valence-electron chi connectivity index (χ3n) is 4.31. The van der Waals surface area contributed by atoms with Gasteiger partial charge >= 0.3 is 0 Å². The molecule has 134 valence electrons. The predicted octanol–water partition coefficient (Wildman–Crippen LogP) is 2.40. The van der Waals surface area contributed by atoms with E-state index in [1.807, 2.05) is 11.8 Å². The number of carbonyl (C=O) groups is 1. The van der Waals surface area contributed by atoms with E-state index in [2.05, 4.69) is 5.32 Å². The Labute approximate surface area is 148 Å². The maximum Gasteiger partial charge on any atom is 0.292 e. The van der Waals surface area contributed by atoms with Crippen molar-refractivity contribution < 1.29 is 9.72 Å². The molecule has 0 aliphatic carbocycles. The van der Waals surface area contributed by atoms with E-state index in [4.69, 9.17) is 5.73 Å². The number of nitrogens with one attached hydrogen (secondary N) is 1. The molecule has 7 nitrogen and oxygen atoms in total. The number of hydrogen-bond donors (Lipinski definition) is 2. The first-order chi connectivity index (χ1) is 11.0. The molecule has 0 bridgehead atoms. The summed E-state index contributed by atoms with van der Waals surface area (Å²) in [4.78, 5) is 24.7. The van der Waals surface area contributed by atoms with Crippen LogP contribution in [-0.2, 0) is 4.79 Å². The molecular formula is C16H25ClN4O3. The van der Waals surface area contributed by atoms with Gasteiger partial charge in [0.1, 0.15) is 5.69 Å². The van der Waals surface area contributed by atoms with Crippen molar-refractivity contribution in [2.75, 3.05) is 25.0 Å². The maximum absolute atomic E-state index is 12.3. The summed E-state index contributed by atoms with van der Waals surface area (Å²) in [7, 11) is 0. The van der Waals surface area contributed by atoms with Gasteiger partial charge in [-0.3, -0.25) is 14.9 Å². The van der Waals surface area contributed by atoms with Crippen molar-refractivity contribution >= 4 is 29.7 Å². The number of para-hydroxylation sites is 2. The van der Waals surface area contributed by atoms with Gasteiger partial charge in [0.25, 0.3) is 5.69 Å². The van der Waals surface area contributed by atoms with Gasteiger partial charge in [0.2, 0.25) is 5.91 Å². The molecule has 1 aliphatic rings. The van der Waals surface area contributed by atoms with Gasteiger partial charge in [-0.1, -0.05) is 12.1 Å². The smallest absolute Gasteiger partial charge is 0.292 e. The number of hydrogen-bond acceptors (Lipinski definition) is 5. The second kappa shape index (κ2) is 9.44. The predicted molar refractivity (Wildman–Crippen MR) is 96.4 cm³/mol. The number of anilines is 1. The molecule has 1 aromatic rings. The highest BCUT2D eigenvalue weighted by Crippen LogP contribution is 2.23. The number of likely N-dealkylation sites (tertiary alicyclic amines) is 1. The first-order valence-corrected chi connectivity index (χ1v) is 7.99. The van der Waals surface area contributed by atoms with Crippen LogP contribution in [0.2, 0.25) is 0 Å². The lowest BCUT2D eigenvalue weighted by atomic mass is 9.92. The highest BCUT2D eigenvalue weighted by molar-refractivity contribution is 5.85. The van der Waals surface area contributed by atoms with Gasteiger partial charge in [-0.2, -0.15) is 0 Å².